The quantitative estimate of drug-likeness (QED) is 0.746. The minimum atomic E-state index is 0.0800. The summed E-state index contributed by atoms with van der Waals surface area (Å²) in [6, 6.07) is 4.28. The van der Waals surface area contributed by atoms with Crippen molar-refractivity contribution in [3.05, 3.63) is 28.5 Å². The van der Waals surface area contributed by atoms with E-state index in [-0.39, 0.29) is 11.9 Å². The van der Waals surface area contributed by atoms with E-state index in [0.29, 0.717) is 16.8 Å². The molecule has 2 fully saturated rings. The van der Waals surface area contributed by atoms with E-state index < -0.39 is 0 Å². The fourth-order valence-corrected chi connectivity index (χ4v) is 3.64. The smallest absolute Gasteiger partial charge is 0.254 e. The Hall–Kier alpha value is -1.13. The number of carbonyl (C=O) groups excluding carboxylic acids is 1. The Balaban J connectivity index is 1.82. The van der Waals surface area contributed by atoms with Crippen LogP contribution in [0.2, 0.25) is 5.15 Å². The highest BCUT2D eigenvalue weighted by Gasteiger charge is 2.36. The lowest BCUT2D eigenvalue weighted by molar-refractivity contribution is 0.0395. The van der Waals surface area contributed by atoms with Crippen LogP contribution in [-0.2, 0) is 0 Å². The number of hydrogen-bond donors (Lipinski definition) is 0. The molecule has 1 amide bonds. The van der Waals surface area contributed by atoms with Crippen molar-refractivity contribution >= 4 is 17.5 Å². The summed E-state index contributed by atoms with van der Waals surface area (Å²) in [6.45, 7) is 6.98. The van der Waals surface area contributed by atoms with Gasteiger partial charge in [0, 0.05) is 36.4 Å². The molecule has 0 aliphatic carbocycles. The van der Waals surface area contributed by atoms with E-state index in [4.69, 9.17) is 11.6 Å². The standard InChI is InChI=1S/C15H20ClN3O/c1-10-6-12(7-14(16)17-10)15(20)19-9-13-4-3-5-18(13)8-11(19)2/h6-7,11,13H,3-5,8-9H2,1-2H3. The van der Waals surface area contributed by atoms with Gasteiger partial charge >= 0.3 is 0 Å². The molecule has 3 heterocycles. The molecular formula is C15H20ClN3O. The summed E-state index contributed by atoms with van der Waals surface area (Å²) in [7, 11) is 0. The molecule has 2 atom stereocenters. The van der Waals surface area contributed by atoms with Gasteiger partial charge in [0.05, 0.1) is 0 Å². The second-order valence-electron chi connectivity index (χ2n) is 5.92. The van der Waals surface area contributed by atoms with E-state index in [0.717, 1.165) is 18.8 Å². The first-order chi connectivity index (χ1) is 9.54. The lowest BCUT2D eigenvalue weighted by Crippen LogP contribution is -2.56. The molecule has 0 saturated carbocycles. The van der Waals surface area contributed by atoms with Crippen LogP contribution in [0, 0.1) is 6.92 Å². The maximum Gasteiger partial charge on any atom is 0.254 e. The van der Waals surface area contributed by atoms with Crippen molar-refractivity contribution < 1.29 is 4.79 Å². The van der Waals surface area contributed by atoms with E-state index >= 15 is 0 Å². The number of fused-ring (bicyclic) bond motifs is 1. The van der Waals surface area contributed by atoms with Crippen LogP contribution >= 0.6 is 11.6 Å². The SMILES string of the molecule is Cc1cc(C(=O)N2CC3CCCN3CC2C)cc(Cl)n1. The Morgan fingerprint density at radius 3 is 2.95 bits per heavy atom. The molecule has 0 spiro atoms. The number of hydrogen-bond acceptors (Lipinski definition) is 3. The molecule has 2 aliphatic heterocycles. The minimum Gasteiger partial charge on any atom is -0.333 e. The highest BCUT2D eigenvalue weighted by atomic mass is 35.5. The van der Waals surface area contributed by atoms with Gasteiger partial charge in [-0.2, -0.15) is 0 Å². The largest absolute Gasteiger partial charge is 0.333 e. The highest BCUT2D eigenvalue weighted by molar-refractivity contribution is 6.29. The van der Waals surface area contributed by atoms with E-state index in [1.807, 2.05) is 17.9 Å². The van der Waals surface area contributed by atoms with Crippen LogP contribution in [-0.4, -0.2) is 52.4 Å². The Labute approximate surface area is 124 Å². The summed E-state index contributed by atoms with van der Waals surface area (Å²) < 4.78 is 0. The molecule has 0 radical (unpaired) electrons. The number of nitrogens with zero attached hydrogens (tertiary/aromatic N) is 3. The van der Waals surface area contributed by atoms with Gasteiger partial charge in [-0.25, -0.2) is 4.98 Å². The van der Waals surface area contributed by atoms with E-state index in [1.165, 1.54) is 19.4 Å². The summed E-state index contributed by atoms with van der Waals surface area (Å²) in [5, 5.41) is 0.389. The maximum absolute atomic E-state index is 12.7. The summed E-state index contributed by atoms with van der Waals surface area (Å²) in [5.41, 5.74) is 1.44. The number of aryl methyl sites for hydroxylation is 1. The van der Waals surface area contributed by atoms with E-state index in [1.54, 1.807) is 6.07 Å². The normalized spacial score (nSPS) is 26.6. The summed E-state index contributed by atoms with van der Waals surface area (Å²) in [4.78, 5) is 21.4. The molecule has 0 bridgehead atoms. The molecule has 2 unspecified atom stereocenters. The van der Waals surface area contributed by atoms with Crippen molar-refractivity contribution in [2.45, 2.75) is 38.8 Å². The van der Waals surface area contributed by atoms with E-state index in [2.05, 4.69) is 16.8 Å². The Morgan fingerprint density at radius 2 is 2.20 bits per heavy atom. The molecule has 3 rings (SSSR count). The predicted octanol–water partition coefficient (Wildman–Crippen LogP) is 2.35. The zero-order chi connectivity index (χ0) is 14.3. The Kier molecular flexibility index (Phi) is 3.69. The molecule has 1 aromatic rings. The summed E-state index contributed by atoms with van der Waals surface area (Å²) >= 11 is 5.97. The number of halogens is 1. The first-order valence-corrected chi connectivity index (χ1v) is 7.61. The van der Waals surface area contributed by atoms with Gasteiger partial charge in [-0.1, -0.05) is 11.6 Å². The molecule has 108 valence electrons. The fourth-order valence-electron chi connectivity index (χ4n) is 3.39. The van der Waals surface area contributed by atoms with Crippen molar-refractivity contribution in [2.75, 3.05) is 19.6 Å². The van der Waals surface area contributed by atoms with Crippen LogP contribution in [0.25, 0.3) is 0 Å². The summed E-state index contributed by atoms with van der Waals surface area (Å²) in [5.74, 6) is 0.0800. The zero-order valence-electron chi connectivity index (χ0n) is 12.0. The Bertz CT molecular complexity index is 514. The fraction of sp³-hybridized carbons (Fsp3) is 0.600. The van der Waals surface area contributed by atoms with Crippen molar-refractivity contribution in [3.8, 4) is 0 Å². The third-order valence-electron chi connectivity index (χ3n) is 4.37. The molecule has 2 saturated heterocycles. The van der Waals surface area contributed by atoms with Crippen LogP contribution in [0.5, 0.6) is 0 Å². The molecular weight excluding hydrogens is 274 g/mol. The second-order valence-corrected chi connectivity index (χ2v) is 6.30. The van der Waals surface area contributed by atoms with Gasteiger partial charge in [-0.15, -0.1) is 0 Å². The van der Waals surface area contributed by atoms with Gasteiger partial charge in [-0.3, -0.25) is 9.69 Å². The molecule has 20 heavy (non-hydrogen) atoms. The third kappa shape index (κ3) is 2.54. The van der Waals surface area contributed by atoms with Crippen molar-refractivity contribution in [3.63, 3.8) is 0 Å². The molecule has 2 aliphatic rings. The average Bonchev–Trinajstić information content (AvgIpc) is 2.82. The number of rotatable bonds is 1. The number of carbonyl (C=O) groups is 1. The van der Waals surface area contributed by atoms with Gasteiger partial charge < -0.3 is 4.90 Å². The molecule has 5 heteroatoms. The topological polar surface area (TPSA) is 36.4 Å². The van der Waals surface area contributed by atoms with Crippen LogP contribution in [0.1, 0.15) is 35.8 Å². The molecule has 0 aromatic carbocycles. The van der Waals surface area contributed by atoms with Crippen LogP contribution in [0.15, 0.2) is 12.1 Å². The van der Waals surface area contributed by atoms with Crippen molar-refractivity contribution in [1.29, 1.82) is 0 Å². The monoisotopic (exact) mass is 293 g/mol. The maximum atomic E-state index is 12.7. The predicted molar refractivity (Wildman–Crippen MR) is 79.1 cm³/mol. The lowest BCUT2D eigenvalue weighted by Gasteiger charge is -2.42. The Morgan fingerprint density at radius 1 is 1.40 bits per heavy atom. The number of aromatic nitrogens is 1. The lowest BCUT2D eigenvalue weighted by atomic mass is 10.1. The number of amides is 1. The van der Waals surface area contributed by atoms with Gasteiger partial charge in [-0.05, 0) is 45.4 Å². The number of piperazine rings is 1. The second kappa shape index (κ2) is 5.34. The van der Waals surface area contributed by atoms with Crippen molar-refractivity contribution in [1.82, 2.24) is 14.8 Å². The van der Waals surface area contributed by atoms with Crippen molar-refractivity contribution in [2.24, 2.45) is 0 Å². The van der Waals surface area contributed by atoms with Crippen LogP contribution in [0.3, 0.4) is 0 Å². The average molecular weight is 294 g/mol. The molecule has 4 nitrogen and oxygen atoms in total. The zero-order valence-corrected chi connectivity index (χ0v) is 12.7. The highest BCUT2D eigenvalue weighted by Crippen LogP contribution is 2.26. The van der Waals surface area contributed by atoms with E-state index in [9.17, 15) is 4.79 Å². The van der Waals surface area contributed by atoms with Gasteiger partial charge in [0.25, 0.3) is 5.91 Å². The van der Waals surface area contributed by atoms with Crippen LogP contribution < -0.4 is 0 Å². The first kappa shape index (κ1) is 13.8. The number of pyridine rings is 1. The third-order valence-corrected chi connectivity index (χ3v) is 4.56. The minimum absolute atomic E-state index is 0.0800. The molecule has 1 aromatic heterocycles. The first-order valence-electron chi connectivity index (χ1n) is 7.24. The van der Waals surface area contributed by atoms with Crippen LogP contribution in [0.4, 0.5) is 0 Å². The van der Waals surface area contributed by atoms with Gasteiger partial charge in [0.2, 0.25) is 0 Å². The van der Waals surface area contributed by atoms with Gasteiger partial charge in [0.1, 0.15) is 5.15 Å². The molecule has 0 N–H and O–H groups in total. The van der Waals surface area contributed by atoms with Gasteiger partial charge in [0.15, 0.2) is 0 Å². The summed E-state index contributed by atoms with van der Waals surface area (Å²) in [6.07, 6.45) is 2.45.